The molecule has 0 aromatic heterocycles. The molecule has 1 aromatic carbocycles. The number of nitrogens with zero attached hydrogens (tertiary/aromatic N) is 2. The highest BCUT2D eigenvalue weighted by Gasteiger charge is 2.53. The van der Waals surface area contributed by atoms with Crippen molar-refractivity contribution in [1.82, 2.24) is 9.62 Å². The number of halogens is 1. The van der Waals surface area contributed by atoms with Crippen molar-refractivity contribution < 1.29 is 33.9 Å². The Morgan fingerprint density at radius 2 is 1.97 bits per heavy atom. The Balaban J connectivity index is 2.39. The molecule has 2 atom stereocenters. The second-order valence-electron chi connectivity index (χ2n) is 6.92. The highest BCUT2D eigenvalue weighted by atomic mass is 79.9. The van der Waals surface area contributed by atoms with Crippen LogP contribution in [0.5, 0.6) is 0 Å². The number of β-lactam (4-membered cyclic amide) rings is 1. The van der Waals surface area contributed by atoms with Gasteiger partial charge in [-0.25, -0.2) is 9.52 Å². The molecule has 1 aromatic rings. The van der Waals surface area contributed by atoms with Crippen LogP contribution in [0.1, 0.15) is 20.8 Å². The number of thioether (sulfide) groups is 1. The number of likely N-dealkylation sites (tertiary alicyclic amines) is 1. The number of hydrogen-bond donors (Lipinski definition) is 2. The van der Waals surface area contributed by atoms with E-state index in [2.05, 4.69) is 20.7 Å². The van der Waals surface area contributed by atoms with Crippen LogP contribution in [0.4, 0.5) is 5.69 Å². The maximum Gasteiger partial charge on any atom is 0.356 e. The number of nitrogens with one attached hydrogen (secondary N) is 1. The zero-order chi connectivity index (χ0) is 24.9. The van der Waals surface area contributed by atoms with Gasteiger partial charge >= 0.3 is 11.9 Å². The van der Waals surface area contributed by atoms with Crippen LogP contribution in [0.25, 0.3) is 0 Å². The molecule has 33 heavy (non-hydrogen) atoms. The molecule has 0 bridgehead atoms. The number of nitro groups is 1. The topological polar surface area (TPSA) is 156 Å². The van der Waals surface area contributed by atoms with Crippen LogP contribution >= 0.6 is 39.6 Å². The number of rotatable bonds is 10. The highest BCUT2D eigenvalue weighted by molar-refractivity contribution is 9.09. The molecule has 1 saturated heterocycles. The molecule has 0 saturated carbocycles. The van der Waals surface area contributed by atoms with Gasteiger partial charge in [0, 0.05) is 18.9 Å². The van der Waals surface area contributed by atoms with Crippen molar-refractivity contribution in [1.29, 1.82) is 0 Å². The van der Waals surface area contributed by atoms with Crippen LogP contribution in [0.2, 0.25) is 0 Å². The fourth-order valence-corrected chi connectivity index (χ4v) is 5.17. The van der Waals surface area contributed by atoms with Crippen LogP contribution in [0.3, 0.4) is 0 Å². The van der Waals surface area contributed by atoms with Gasteiger partial charge in [0.1, 0.15) is 22.1 Å². The number of aliphatic carboxylic acids is 1. The van der Waals surface area contributed by atoms with E-state index in [4.69, 9.17) is 4.74 Å². The summed E-state index contributed by atoms with van der Waals surface area (Å²) in [5.41, 5.74) is -0.751. The van der Waals surface area contributed by atoms with E-state index in [0.717, 1.165) is 35.5 Å². The minimum atomic E-state index is -1.52. The van der Waals surface area contributed by atoms with E-state index in [1.165, 1.54) is 18.2 Å². The Labute approximate surface area is 205 Å². The van der Waals surface area contributed by atoms with Crippen LogP contribution in [0.15, 0.2) is 40.6 Å². The Bertz CT molecular complexity index is 1020. The number of benzene rings is 1. The number of carbonyl (C=O) groups is 4. The van der Waals surface area contributed by atoms with E-state index in [1.807, 2.05) is 0 Å². The Morgan fingerprint density at radius 3 is 2.48 bits per heavy atom. The summed E-state index contributed by atoms with van der Waals surface area (Å²) in [6, 6.07) is 4.85. The molecule has 1 heterocycles. The number of hydrogen-bond acceptors (Lipinski definition) is 10. The van der Waals surface area contributed by atoms with Gasteiger partial charge in [-0.3, -0.25) is 29.4 Å². The fraction of sp³-hybridized carbons (Fsp3) is 0.368. The Morgan fingerprint density at radius 1 is 1.33 bits per heavy atom. The summed E-state index contributed by atoms with van der Waals surface area (Å²) in [5, 5.41) is 19.5. The summed E-state index contributed by atoms with van der Waals surface area (Å²) in [7, 11) is 0. The Kier molecular flexibility index (Phi) is 9.46. The minimum absolute atomic E-state index is 0.170. The molecule has 1 fully saturated rings. The largest absolute Gasteiger partial charge is 0.476 e. The van der Waals surface area contributed by atoms with Crippen LogP contribution < -0.4 is 4.72 Å². The first-order valence-corrected chi connectivity index (χ1v) is 12.2. The predicted molar refractivity (Wildman–Crippen MR) is 124 cm³/mol. The van der Waals surface area contributed by atoms with Gasteiger partial charge in [-0.1, -0.05) is 53.7 Å². The third-order valence-corrected chi connectivity index (χ3v) is 7.08. The number of ether oxygens (including phenoxy) is 1. The number of alkyl halides is 1. The lowest BCUT2D eigenvalue weighted by Gasteiger charge is -2.46. The highest BCUT2D eigenvalue weighted by Crippen LogP contribution is 2.39. The average Bonchev–Trinajstić information content (AvgIpc) is 2.74. The maximum atomic E-state index is 13.0. The summed E-state index contributed by atoms with van der Waals surface area (Å²) in [4.78, 5) is 60.5. The van der Waals surface area contributed by atoms with Gasteiger partial charge in [0.15, 0.2) is 10.8 Å². The van der Waals surface area contributed by atoms with Gasteiger partial charge < -0.3 is 9.84 Å². The van der Waals surface area contributed by atoms with Crippen LogP contribution in [-0.2, 0) is 23.9 Å². The van der Waals surface area contributed by atoms with E-state index in [0.29, 0.717) is 0 Å². The fourth-order valence-electron chi connectivity index (χ4n) is 2.68. The van der Waals surface area contributed by atoms with E-state index in [9.17, 15) is 34.4 Å². The Hall–Kier alpha value is -2.42. The smallest absolute Gasteiger partial charge is 0.356 e. The zero-order valence-corrected chi connectivity index (χ0v) is 20.9. The summed E-state index contributed by atoms with van der Waals surface area (Å²) in [6.07, 6.45) is 0. The van der Waals surface area contributed by atoms with Crippen molar-refractivity contribution in [3.8, 4) is 0 Å². The first-order valence-electron chi connectivity index (χ1n) is 9.39. The molecule has 1 amide bonds. The number of esters is 1. The summed E-state index contributed by atoms with van der Waals surface area (Å²) in [6.45, 7) is 4.39. The van der Waals surface area contributed by atoms with Crippen molar-refractivity contribution in [3.63, 3.8) is 0 Å². The van der Waals surface area contributed by atoms with Gasteiger partial charge in [0.05, 0.1) is 10.3 Å². The standard InChI is InChI=1S/C19H20BrN3O8S2/c1-9(2)19(28)32-17-14(21-33-13-7-5-4-6-11(13)23(29)30)16(25)22(17)15(18(26)27)12(8-20)31-10(3)24/h4-7,9,14,17,21H,8H2,1-3H3,(H,26,27). The van der Waals surface area contributed by atoms with E-state index in [1.54, 1.807) is 19.9 Å². The second-order valence-corrected chi connectivity index (χ2v) is 9.48. The second kappa shape index (κ2) is 11.6. The lowest BCUT2D eigenvalue weighted by atomic mass is 10.1. The van der Waals surface area contributed by atoms with Gasteiger partial charge in [-0.2, -0.15) is 0 Å². The molecule has 1 aliphatic rings. The molecule has 0 radical (unpaired) electrons. The summed E-state index contributed by atoms with van der Waals surface area (Å²) in [5.74, 6) is -3.70. The van der Waals surface area contributed by atoms with E-state index >= 15 is 0 Å². The quantitative estimate of drug-likeness (QED) is 0.0632. The van der Waals surface area contributed by atoms with Gasteiger partial charge in [0.2, 0.25) is 5.91 Å². The lowest BCUT2D eigenvalue weighted by Crippen LogP contribution is -2.68. The molecule has 1 aliphatic heterocycles. The third-order valence-electron chi connectivity index (χ3n) is 4.21. The van der Waals surface area contributed by atoms with Crippen molar-refractivity contribution in [2.24, 2.45) is 5.92 Å². The molecular weight excluding hydrogens is 542 g/mol. The number of amides is 1. The van der Waals surface area contributed by atoms with Crippen LogP contribution in [0, 0.1) is 16.0 Å². The number of allylic oxidation sites excluding steroid dienone is 1. The van der Waals surface area contributed by atoms with Crippen molar-refractivity contribution >= 4 is 68.3 Å². The number of carboxylic acid groups (broad SMARTS) is 1. The first-order chi connectivity index (χ1) is 15.5. The van der Waals surface area contributed by atoms with Gasteiger partial charge in [0.25, 0.3) is 5.69 Å². The molecule has 178 valence electrons. The SMILES string of the molecule is CC(=O)OC(CBr)=C(C(=O)O)N1C(=O)C(NSc2ccccc2[N+](=O)[O-])C1SC(=O)C(C)C. The number of carbonyl (C=O) groups excluding carboxylic acids is 3. The summed E-state index contributed by atoms with van der Waals surface area (Å²) >= 11 is 4.64. The number of para-hydroxylation sites is 1. The monoisotopic (exact) mass is 561 g/mol. The third kappa shape index (κ3) is 6.34. The minimum Gasteiger partial charge on any atom is -0.476 e. The zero-order valence-electron chi connectivity index (χ0n) is 17.6. The van der Waals surface area contributed by atoms with Crippen molar-refractivity contribution in [3.05, 3.63) is 45.8 Å². The lowest BCUT2D eigenvalue weighted by molar-refractivity contribution is -0.387. The molecule has 11 nitrogen and oxygen atoms in total. The van der Waals surface area contributed by atoms with Crippen molar-refractivity contribution in [2.75, 3.05) is 5.33 Å². The van der Waals surface area contributed by atoms with E-state index in [-0.39, 0.29) is 26.8 Å². The van der Waals surface area contributed by atoms with Gasteiger partial charge in [-0.05, 0) is 18.0 Å². The first kappa shape index (κ1) is 26.8. The number of nitro benzene ring substituents is 1. The van der Waals surface area contributed by atoms with E-state index < -0.39 is 45.8 Å². The van der Waals surface area contributed by atoms with Crippen LogP contribution in [-0.4, -0.2) is 54.6 Å². The van der Waals surface area contributed by atoms with Crippen molar-refractivity contribution in [2.45, 2.75) is 37.1 Å². The molecule has 14 heteroatoms. The summed E-state index contributed by atoms with van der Waals surface area (Å²) < 4.78 is 7.77. The molecule has 2 N–H and O–H groups in total. The predicted octanol–water partition coefficient (Wildman–Crippen LogP) is 2.90. The normalized spacial score (nSPS) is 18.5. The molecular formula is C19H20BrN3O8S2. The average molecular weight is 562 g/mol. The molecule has 0 aliphatic carbocycles. The molecule has 2 rings (SSSR count). The molecule has 0 spiro atoms. The maximum absolute atomic E-state index is 13.0. The molecule has 2 unspecified atom stereocenters. The van der Waals surface area contributed by atoms with Gasteiger partial charge in [-0.15, -0.1) is 0 Å². The number of carboxylic acids is 1.